The minimum absolute atomic E-state index is 0.0666. The summed E-state index contributed by atoms with van der Waals surface area (Å²) in [5.74, 6) is 0. The van der Waals surface area contributed by atoms with Crippen LogP contribution < -0.4 is 5.32 Å². The van der Waals surface area contributed by atoms with Crippen molar-refractivity contribution in [1.82, 2.24) is 0 Å². The minimum atomic E-state index is -0.286. The highest BCUT2D eigenvalue weighted by atomic mass is 16.3. The monoisotopic (exact) mass is 209 g/mol. The van der Waals surface area contributed by atoms with E-state index in [1.807, 2.05) is 19.1 Å². The van der Waals surface area contributed by atoms with E-state index < -0.39 is 0 Å². The molecule has 1 aromatic carbocycles. The number of aliphatic hydroxyl groups is 2. The summed E-state index contributed by atoms with van der Waals surface area (Å²) in [6, 6.07) is 3.73. The molecule has 0 atom stereocenters. The van der Waals surface area contributed by atoms with Crippen molar-refractivity contribution < 1.29 is 10.2 Å². The first-order chi connectivity index (χ1) is 7.10. The highest BCUT2D eigenvalue weighted by Crippen LogP contribution is 2.21. The summed E-state index contributed by atoms with van der Waals surface area (Å²) < 4.78 is 0. The van der Waals surface area contributed by atoms with Gasteiger partial charge in [0.2, 0.25) is 0 Å². The van der Waals surface area contributed by atoms with E-state index in [-0.39, 0.29) is 19.3 Å². The van der Waals surface area contributed by atoms with Crippen molar-refractivity contribution >= 4 is 5.69 Å². The molecule has 0 aliphatic heterocycles. The molecule has 84 valence electrons. The number of benzene rings is 1. The van der Waals surface area contributed by atoms with Crippen molar-refractivity contribution in [3.63, 3.8) is 0 Å². The quantitative estimate of drug-likeness (QED) is 0.702. The first-order valence-corrected chi connectivity index (χ1v) is 5.15. The van der Waals surface area contributed by atoms with Gasteiger partial charge in [0.25, 0.3) is 0 Å². The third-order valence-corrected chi connectivity index (χ3v) is 2.86. The normalized spacial score (nSPS) is 10.8. The van der Waals surface area contributed by atoms with Gasteiger partial charge in [0, 0.05) is 5.69 Å². The Morgan fingerprint density at radius 3 is 2.20 bits per heavy atom. The Morgan fingerprint density at radius 2 is 1.67 bits per heavy atom. The molecule has 0 aromatic heterocycles. The zero-order valence-corrected chi connectivity index (χ0v) is 9.54. The lowest BCUT2D eigenvalue weighted by molar-refractivity contribution is 0.204. The Bertz CT molecular complexity index is 333. The van der Waals surface area contributed by atoms with E-state index in [2.05, 4.69) is 19.2 Å². The van der Waals surface area contributed by atoms with Gasteiger partial charge >= 0.3 is 0 Å². The molecule has 0 saturated heterocycles. The second kappa shape index (κ2) is 5.14. The van der Waals surface area contributed by atoms with Crippen LogP contribution in [-0.4, -0.2) is 29.5 Å². The maximum Gasteiger partial charge on any atom is 0.0723 e. The average Bonchev–Trinajstić information content (AvgIpc) is 2.25. The number of anilines is 1. The fraction of sp³-hybridized carbons (Fsp3) is 0.500. The second-order valence-corrected chi connectivity index (χ2v) is 3.89. The van der Waals surface area contributed by atoms with E-state index in [1.165, 1.54) is 16.7 Å². The molecule has 0 amide bonds. The van der Waals surface area contributed by atoms with Crippen molar-refractivity contribution in [3.05, 3.63) is 28.8 Å². The number of nitrogens with one attached hydrogen (secondary N) is 1. The fourth-order valence-corrected chi connectivity index (χ4v) is 1.48. The molecular formula is C12H19NO2. The third kappa shape index (κ3) is 2.70. The van der Waals surface area contributed by atoms with Gasteiger partial charge in [-0.25, -0.2) is 0 Å². The first-order valence-electron chi connectivity index (χ1n) is 5.15. The molecule has 0 fully saturated rings. The maximum absolute atomic E-state index is 8.98. The number of hydrogen-bond donors (Lipinski definition) is 3. The molecule has 1 rings (SSSR count). The number of aliphatic hydroxyl groups excluding tert-OH is 2. The van der Waals surface area contributed by atoms with Crippen LogP contribution in [0.25, 0.3) is 0 Å². The molecule has 0 aliphatic carbocycles. The SMILES string of the molecule is Cc1ccc(NC(CO)CO)c(C)c1C. The standard InChI is InChI=1S/C12H19NO2/c1-8-4-5-12(10(3)9(8)2)13-11(6-14)7-15/h4-5,11,13-15H,6-7H2,1-3H3. The van der Waals surface area contributed by atoms with Gasteiger partial charge in [-0.2, -0.15) is 0 Å². The Labute approximate surface area is 90.8 Å². The van der Waals surface area contributed by atoms with Crippen molar-refractivity contribution in [1.29, 1.82) is 0 Å². The highest BCUT2D eigenvalue weighted by molar-refractivity contribution is 5.56. The Hall–Kier alpha value is -1.06. The Balaban J connectivity index is 2.91. The summed E-state index contributed by atoms with van der Waals surface area (Å²) in [7, 11) is 0. The van der Waals surface area contributed by atoms with E-state index in [0.717, 1.165) is 5.69 Å². The smallest absolute Gasteiger partial charge is 0.0723 e. The predicted molar refractivity (Wildman–Crippen MR) is 62.2 cm³/mol. The average molecular weight is 209 g/mol. The minimum Gasteiger partial charge on any atom is -0.394 e. The third-order valence-electron chi connectivity index (χ3n) is 2.86. The van der Waals surface area contributed by atoms with Gasteiger partial charge in [0.15, 0.2) is 0 Å². The Morgan fingerprint density at radius 1 is 1.07 bits per heavy atom. The summed E-state index contributed by atoms with van der Waals surface area (Å²) >= 11 is 0. The summed E-state index contributed by atoms with van der Waals surface area (Å²) in [5.41, 5.74) is 4.64. The molecule has 0 heterocycles. The molecule has 0 saturated carbocycles. The van der Waals surface area contributed by atoms with Crippen LogP contribution in [-0.2, 0) is 0 Å². The van der Waals surface area contributed by atoms with Crippen LogP contribution in [0.3, 0.4) is 0 Å². The lowest BCUT2D eigenvalue weighted by Crippen LogP contribution is -2.28. The predicted octanol–water partition coefficient (Wildman–Crippen LogP) is 1.38. The van der Waals surface area contributed by atoms with Crippen LogP contribution in [0, 0.1) is 20.8 Å². The molecule has 0 aliphatic rings. The molecule has 0 bridgehead atoms. The van der Waals surface area contributed by atoms with Gasteiger partial charge < -0.3 is 15.5 Å². The van der Waals surface area contributed by atoms with Gasteiger partial charge in [-0.3, -0.25) is 0 Å². The first kappa shape index (κ1) is 12.0. The van der Waals surface area contributed by atoms with Crippen molar-refractivity contribution in [3.8, 4) is 0 Å². The van der Waals surface area contributed by atoms with E-state index in [9.17, 15) is 0 Å². The van der Waals surface area contributed by atoms with Gasteiger partial charge in [-0.1, -0.05) is 6.07 Å². The zero-order valence-electron chi connectivity index (χ0n) is 9.54. The van der Waals surface area contributed by atoms with Crippen LogP contribution in [0.4, 0.5) is 5.69 Å². The molecular weight excluding hydrogens is 190 g/mol. The topological polar surface area (TPSA) is 52.5 Å². The van der Waals surface area contributed by atoms with E-state index in [0.29, 0.717) is 0 Å². The van der Waals surface area contributed by atoms with E-state index in [4.69, 9.17) is 10.2 Å². The lowest BCUT2D eigenvalue weighted by Gasteiger charge is -2.18. The molecule has 1 aromatic rings. The van der Waals surface area contributed by atoms with Gasteiger partial charge in [-0.15, -0.1) is 0 Å². The molecule has 3 heteroatoms. The van der Waals surface area contributed by atoms with Crippen molar-refractivity contribution in [2.75, 3.05) is 18.5 Å². The van der Waals surface area contributed by atoms with Gasteiger partial charge in [-0.05, 0) is 43.5 Å². The molecule has 15 heavy (non-hydrogen) atoms. The molecule has 3 N–H and O–H groups in total. The van der Waals surface area contributed by atoms with Crippen LogP contribution in [0.15, 0.2) is 12.1 Å². The highest BCUT2D eigenvalue weighted by Gasteiger charge is 2.08. The van der Waals surface area contributed by atoms with Crippen molar-refractivity contribution in [2.45, 2.75) is 26.8 Å². The second-order valence-electron chi connectivity index (χ2n) is 3.89. The molecule has 0 unspecified atom stereocenters. The number of hydrogen-bond acceptors (Lipinski definition) is 3. The van der Waals surface area contributed by atoms with Crippen LogP contribution in [0.2, 0.25) is 0 Å². The lowest BCUT2D eigenvalue weighted by atomic mass is 10.0. The van der Waals surface area contributed by atoms with Crippen LogP contribution in [0.1, 0.15) is 16.7 Å². The Kier molecular flexibility index (Phi) is 4.12. The van der Waals surface area contributed by atoms with Gasteiger partial charge in [0.1, 0.15) is 0 Å². The number of rotatable bonds is 4. The largest absolute Gasteiger partial charge is 0.394 e. The van der Waals surface area contributed by atoms with E-state index in [1.54, 1.807) is 0 Å². The maximum atomic E-state index is 8.98. The molecule has 0 spiro atoms. The number of aryl methyl sites for hydroxylation is 1. The molecule has 3 nitrogen and oxygen atoms in total. The molecule has 0 radical (unpaired) electrons. The fourth-order valence-electron chi connectivity index (χ4n) is 1.48. The van der Waals surface area contributed by atoms with Crippen molar-refractivity contribution in [2.24, 2.45) is 0 Å². The summed E-state index contributed by atoms with van der Waals surface area (Å²) in [4.78, 5) is 0. The van der Waals surface area contributed by atoms with Gasteiger partial charge in [0.05, 0.1) is 19.3 Å². The summed E-state index contributed by atoms with van der Waals surface area (Å²) in [6.45, 7) is 6.05. The van der Waals surface area contributed by atoms with E-state index >= 15 is 0 Å². The van der Waals surface area contributed by atoms with Crippen LogP contribution >= 0.6 is 0 Å². The van der Waals surface area contributed by atoms with Crippen LogP contribution in [0.5, 0.6) is 0 Å². The summed E-state index contributed by atoms with van der Waals surface area (Å²) in [6.07, 6.45) is 0. The summed E-state index contributed by atoms with van der Waals surface area (Å²) in [5, 5.41) is 21.1. The zero-order chi connectivity index (χ0) is 11.4.